The Kier molecular flexibility index (Phi) is 38.0. The van der Waals surface area contributed by atoms with E-state index < -0.39 is 49.5 Å². The van der Waals surface area contributed by atoms with Crippen molar-refractivity contribution < 1.29 is 39.8 Å². The number of hydrogen-bond donors (Lipinski definition) is 6. The number of allylic oxidation sites excluding steroid dienone is 19. The van der Waals surface area contributed by atoms with E-state index in [2.05, 4.69) is 129 Å². The van der Waals surface area contributed by atoms with E-state index in [1.165, 1.54) is 38.5 Å². The molecule has 0 bridgehead atoms. The highest BCUT2D eigenvalue weighted by atomic mass is 16.7. The van der Waals surface area contributed by atoms with Gasteiger partial charge in [-0.15, -0.1) is 0 Å². The first kappa shape index (κ1) is 56.6. The van der Waals surface area contributed by atoms with Gasteiger partial charge in [0.15, 0.2) is 6.29 Å². The van der Waals surface area contributed by atoms with E-state index in [9.17, 15) is 30.3 Å². The number of carbonyl (C=O) groups excluding carboxylic acids is 1. The molecular weight excluding hydrogens is 779 g/mol. The van der Waals surface area contributed by atoms with Gasteiger partial charge in [0.05, 0.1) is 25.4 Å². The molecule has 0 aliphatic carbocycles. The van der Waals surface area contributed by atoms with E-state index in [1.807, 2.05) is 6.08 Å². The molecule has 9 heteroatoms. The lowest BCUT2D eigenvalue weighted by Gasteiger charge is -2.40. The fourth-order valence-corrected chi connectivity index (χ4v) is 6.51. The quantitative estimate of drug-likeness (QED) is 0.0267. The van der Waals surface area contributed by atoms with Crippen molar-refractivity contribution in [1.29, 1.82) is 0 Å². The van der Waals surface area contributed by atoms with Crippen LogP contribution in [0.1, 0.15) is 149 Å². The molecule has 0 radical (unpaired) electrons. The van der Waals surface area contributed by atoms with Crippen LogP contribution in [0.3, 0.4) is 0 Å². The van der Waals surface area contributed by atoms with Crippen LogP contribution >= 0.6 is 0 Å². The smallest absolute Gasteiger partial charge is 0.220 e. The molecule has 1 aliphatic heterocycles. The summed E-state index contributed by atoms with van der Waals surface area (Å²) in [5.41, 5.74) is 0. The van der Waals surface area contributed by atoms with Gasteiger partial charge in [-0.2, -0.15) is 0 Å². The molecule has 7 unspecified atom stereocenters. The lowest BCUT2D eigenvalue weighted by atomic mass is 9.99. The lowest BCUT2D eigenvalue weighted by molar-refractivity contribution is -0.302. The Hall–Kier alpha value is -3.41. The Morgan fingerprint density at radius 2 is 1.00 bits per heavy atom. The normalized spacial score (nSPS) is 21.4. The van der Waals surface area contributed by atoms with Gasteiger partial charge in [0.1, 0.15) is 24.4 Å². The van der Waals surface area contributed by atoms with E-state index in [4.69, 9.17) is 9.47 Å². The van der Waals surface area contributed by atoms with E-state index in [-0.39, 0.29) is 18.9 Å². The van der Waals surface area contributed by atoms with Crippen molar-refractivity contribution in [2.24, 2.45) is 0 Å². The third-order valence-corrected chi connectivity index (χ3v) is 10.3. The molecule has 0 aromatic carbocycles. The average Bonchev–Trinajstić information content (AvgIpc) is 3.27. The predicted molar refractivity (Wildman–Crippen MR) is 257 cm³/mol. The fourth-order valence-electron chi connectivity index (χ4n) is 6.51. The number of aliphatic hydroxyl groups is 5. The van der Waals surface area contributed by atoms with E-state index >= 15 is 0 Å². The summed E-state index contributed by atoms with van der Waals surface area (Å²) in [4.78, 5) is 12.9. The first-order chi connectivity index (χ1) is 30.3. The standard InChI is InChI=1S/C53H85NO8/c1-3-5-7-9-11-13-15-16-17-18-19-20-21-22-23-24-25-26-27-28-29-30-31-32-33-35-37-39-41-43-49(57)54-46(45-61-53-52(60)51(59)50(58)48(44-55)62-53)47(56)42-40-38-36-34-14-12-10-8-6-4-2/h5,7,11,13,16-17,19-20,22-23,25-26,28-29,31-32,35,37,40,42,46-48,50-53,55-56,58-60H,3-4,6,8-10,12,14-15,18,21,24,27,30,33-34,36,38-39,41,43-45H2,1-2H3,(H,54,57)/b7-5-,13-11-,17-16-,20-19-,23-22-,26-25-,29-28-,32-31-,37-35-,42-40+. The SMILES string of the molecule is CC/C=C\C/C=C\C/C=C\C/C=C\C/C=C\C/C=C\C/C=C\C/C=C\C/C=C\CCCC(=O)NC(COC1OC(CO)C(O)C(O)C1O)C(O)/C=C/CCCCCCCCCC. The summed E-state index contributed by atoms with van der Waals surface area (Å²) >= 11 is 0. The summed E-state index contributed by atoms with van der Waals surface area (Å²) in [6.07, 6.45) is 55.4. The second-order valence-electron chi connectivity index (χ2n) is 15.8. The number of ether oxygens (including phenoxy) is 2. The molecule has 7 atom stereocenters. The van der Waals surface area contributed by atoms with E-state index in [0.717, 1.165) is 83.5 Å². The molecule has 1 aliphatic rings. The van der Waals surface area contributed by atoms with Crippen LogP contribution in [0.5, 0.6) is 0 Å². The monoisotopic (exact) mass is 864 g/mol. The molecule has 0 spiro atoms. The molecular formula is C53H85NO8. The number of aliphatic hydroxyl groups excluding tert-OH is 5. The number of rotatable bonds is 37. The zero-order valence-corrected chi connectivity index (χ0v) is 38.3. The van der Waals surface area contributed by atoms with Crippen molar-refractivity contribution in [3.63, 3.8) is 0 Å². The minimum atomic E-state index is -1.58. The van der Waals surface area contributed by atoms with Crippen LogP contribution in [0.4, 0.5) is 0 Å². The van der Waals surface area contributed by atoms with Gasteiger partial charge in [0.25, 0.3) is 0 Å². The van der Waals surface area contributed by atoms with Crippen LogP contribution in [-0.4, -0.2) is 87.5 Å². The van der Waals surface area contributed by atoms with Gasteiger partial charge in [-0.1, -0.05) is 180 Å². The third-order valence-electron chi connectivity index (χ3n) is 10.3. The maximum Gasteiger partial charge on any atom is 0.220 e. The topological polar surface area (TPSA) is 149 Å². The molecule has 62 heavy (non-hydrogen) atoms. The van der Waals surface area contributed by atoms with Gasteiger partial charge in [-0.3, -0.25) is 4.79 Å². The second kappa shape index (κ2) is 41.6. The number of nitrogens with one attached hydrogen (secondary N) is 1. The maximum atomic E-state index is 12.9. The van der Waals surface area contributed by atoms with Crippen molar-refractivity contribution >= 4 is 5.91 Å². The molecule has 1 amide bonds. The summed E-state index contributed by atoms with van der Waals surface area (Å²) in [6, 6.07) is -0.843. The Bertz CT molecular complexity index is 1370. The van der Waals surface area contributed by atoms with Gasteiger partial charge in [-0.05, 0) is 83.5 Å². The highest BCUT2D eigenvalue weighted by molar-refractivity contribution is 5.76. The van der Waals surface area contributed by atoms with Crippen LogP contribution in [0, 0.1) is 0 Å². The van der Waals surface area contributed by atoms with Gasteiger partial charge in [-0.25, -0.2) is 0 Å². The molecule has 350 valence electrons. The summed E-state index contributed by atoms with van der Waals surface area (Å²) < 4.78 is 11.2. The molecule has 1 fully saturated rings. The Morgan fingerprint density at radius 3 is 1.47 bits per heavy atom. The Morgan fingerprint density at radius 1 is 0.565 bits per heavy atom. The van der Waals surface area contributed by atoms with Crippen molar-refractivity contribution in [3.05, 3.63) is 122 Å². The largest absolute Gasteiger partial charge is 0.394 e. The van der Waals surface area contributed by atoms with Crippen molar-refractivity contribution in [2.75, 3.05) is 13.2 Å². The van der Waals surface area contributed by atoms with Gasteiger partial charge in [0.2, 0.25) is 5.91 Å². The highest BCUT2D eigenvalue weighted by Crippen LogP contribution is 2.22. The zero-order valence-electron chi connectivity index (χ0n) is 38.3. The Labute approximate surface area is 376 Å². The van der Waals surface area contributed by atoms with Crippen LogP contribution in [0.15, 0.2) is 122 Å². The zero-order chi connectivity index (χ0) is 45.1. The van der Waals surface area contributed by atoms with Crippen molar-refractivity contribution in [3.8, 4) is 0 Å². The summed E-state index contributed by atoms with van der Waals surface area (Å²) in [5, 5.41) is 54.0. The third kappa shape index (κ3) is 31.4. The molecule has 9 nitrogen and oxygen atoms in total. The minimum absolute atomic E-state index is 0.221. The van der Waals surface area contributed by atoms with E-state index in [1.54, 1.807) is 6.08 Å². The van der Waals surface area contributed by atoms with Gasteiger partial charge in [0, 0.05) is 6.42 Å². The van der Waals surface area contributed by atoms with Crippen molar-refractivity contribution in [2.45, 2.75) is 192 Å². The average molecular weight is 864 g/mol. The number of carbonyl (C=O) groups is 1. The minimum Gasteiger partial charge on any atom is -0.394 e. The molecule has 1 rings (SSSR count). The van der Waals surface area contributed by atoms with Crippen LogP contribution in [-0.2, 0) is 14.3 Å². The Balaban J connectivity index is 2.33. The van der Waals surface area contributed by atoms with Crippen LogP contribution < -0.4 is 5.32 Å². The molecule has 6 N–H and O–H groups in total. The molecule has 0 saturated carbocycles. The van der Waals surface area contributed by atoms with Crippen LogP contribution in [0.25, 0.3) is 0 Å². The molecule has 1 heterocycles. The number of amides is 1. The summed E-state index contributed by atoms with van der Waals surface area (Å²) in [6.45, 7) is 3.57. The first-order valence-electron chi connectivity index (χ1n) is 23.8. The molecule has 0 aromatic rings. The molecule has 0 aromatic heterocycles. The summed E-state index contributed by atoms with van der Waals surface area (Å²) in [5.74, 6) is -0.243. The predicted octanol–water partition coefficient (Wildman–Crippen LogP) is 10.4. The van der Waals surface area contributed by atoms with Gasteiger partial charge < -0.3 is 40.3 Å². The lowest BCUT2D eigenvalue weighted by Crippen LogP contribution is -2.60. The van der Waals surface area contributed by atoms with Gasteiger partial charge >= 0.3 is 0 Å². The maximum absolute atomic E-state index is 12.9. The fraction of sp³-hybridized carbons (Fsp3) is 0.604. The second-order valence-corrected chi connectivity index (χ2v) is 15.8. The summed E-state index contributed by atoms with van der Waals surface area (Å²) in [7, 11) is 0. The number of hydrogen-bond acceptors (Lipinski definition) is 8. The number of unbranched alkanes of at least 4 members (excludes halogenated alkanes) is 9. The van der Waals surface area contributed by atoms with E-state index in [0.29, 0.717) is 6.42 Å². The van der Waals surface area contributed by atoms with Crippen molar-refractivity contribution in [1.82, 2.24) is 5.32 Å². The molecule has 1 saturated heterocycles. The van der Waals surface area contributed by atoms with Crippen LogP contribution in [0.2, 0.25) is 0 Å². The highest BCUT2D eigenvalue weighted by Gasteiger charge is 2.44. The first-order valence-corrected chi connectivity index (χ1v) is 23.8.